The Balaban J connectivity index is 1.72. The quantitative estimate of drug-likeness (QED) is 0.138. The van der Waals surface area contributed by atoms with E-state index in [4.69, 9.17) is 4.74 Å². The van der Waals surface area contributed by atoms with Gasteiger partial charge in [0.2, 0.25) is 0 Å². The first-order chi connectivity index (χ1) is 17.6. The van der Waals surface area contributed by atoms with E-state index >= 15 is 0 Å². The molecule has 1 N–H and O–H groups in total. The van der Waals surface area contributed by atoms with E-state index < -0.39 is 10.0 Å². The van der Waals surface area contributed by atoms with E-state index in [2.05, 4.69) is 25.5 Å². The molecule has 192 valence electrons. The Kier molecular flexibility index (Phi) is 7.97. The van der Waals surface area contributed by atoms with Gasteiger partial charge in [0, 0.05) is 35.1 Å². The van der Waals surface area contributed by atoms with Crippen LogP contribution in [0.5, 0.6) is 0 Å². The summed E-state index contributed by atoms with van der Waals surface area (Å²) in [6, 6.07) is 22.1. The van der Waals surface area contributed by atoms with Crippen LogP contribution < -0.4 is 4.72 Å². The number of carbonyl (C=O) groups is 1. The number of hydrogen-bond acceptors (Lipinski definition) is 5. The summed E-state index contributed by atoms with van der Waals surface area (Å²) < 4.78 is 35.0. The maximum Gasteiger partial charge on any atom is 0.261 e. The summed E-state index contributed by atoms with van der Waals surface area (Å²) in [6.45, 7) is 6.81. The molecule has 0 aliphatic heterocycles. The normalized spacial score (nSPS) is 12.3. The first-order valence-corrected chi connectivity index (χ1v) is 14.4. The fraction of sp³-hybridized carbons (Fsp3) is 0.233. The van der Waals surface area contributed by atoms with E-state index in [-0.39, 0.29) is 16.1 Å². The number of fused-ring (bicyclic) bond motifs is 1. The van der Waals surface area contributed by atoms with Crippen LogP contribution in [0.15, 0.2) is 89.8 Å². The van der Waals surface area contributed by atoms with Gasteiger partial charge in [-0.3, -0.25) is 9.52 Å². The Hall–Kier alpha value is -3.26. The average molecular weight is 534 g/mol. The number of rotatable bonds is 9. The third kappa shape index (κ3) is 6.18. The molecule has 4 rings (SSSR count). The lowest BCUT2D eigenvalue weighted by atomic mass is 9.87. The summed E-state index contributed by atoms with van der Waals surface area (Å²) in [4.78, 5) is 14.0. The van der Waals surface area contributed by atoms with Crippen LogP contribution in [0, 0.1) is 0 Å². The molecule has 4 aromatic rings. The minimum absolute atomic E-state index is 0.0678. The number of thiophene rings is 1. The van der Waals surface area contributed by atoms with Crippen LogP contribution in [0.3, 0.4) is 0 Å². The molecule has 0 bridgehead atoms. The summed E-state index contributed by atoms with van der Waals surface area (Å²) in [7, 11) is -2.16. The highest BCUT2D eigenvalue weighted by molar-refractivity contribution is 7.92. The maximum absolute atomic E-state index is 13.2. The van der Waals surface area contributed by atoms with Crippen molar-refractivity contribution in [1.29, 1.82) is 0 Å². The van der Waals surface area contributed by atoms with Gasteiger partial charge in [-0.15, -0.1) is 11.3 Å². The van der Waals surface area contributed by atoms with Crippen LogP contribution in [0.1, 0.15) is 42.4 Å². The monoisotopic (exact) mass is 533 g/mol. The van der Waals surface area contributed by atoms with Gasteiger partial charge in [-0.25, -0.2) is 8.42 Å². The lowest BCUT2D eigenvalue weighted by molar-refractivity contribution is 0.105. The zero-order valence-electron chi connectivity index (χ0n) is 21.4. The second-order valence-corrected chi connectivity index (χ2v) is 12.5. The van der Waals surface area contributed by atoms with Gasteiger partial charge in [0.05, 0.1) is 9.77 Å². The molecule has 0 spiro atoms. The van der Waals surface area contributed by atoms with Crippen LogP contribution in [0.4, 0.5) is 5.69 Å². The van der Waals surface area contributed by atoms with Gasteiger partial charge >= 0.3 is 0 Å². The Bertz CT molecular complexity index is 1530. The molecule has 1 aromatic heterocycles. The number of allylic oxidation sites excluding steroid dienone is 1. The average Bonchev–Trinajstić information content (AvgIpc) is 3.25. The number of hydrogen-bond donors (Lipinski definition) is 1. The number of anilines is 1. The number of carbonyl (C=O) groups excluding carboxylic acids is 1. The first-order valence-electron chi connectivity index (χ1n) is 12.1. The highest BCUT2D eigenvalue weighted by atomic mass is 32.2. The molecule has 0 saturated carbocycles. The van der Waals surface area contributed by atoms with Gasteiger partial charge in [-0.1, -0.05) is 69.3 Å². The van der Waals surface area contributed by atoms with E-state index in [1.54, 1.807) is 37.5 Å². The van der Waals surface area contributed by atoms with Crippen LogP contribution in [-0.2, 0) is 20.2 Å². The molecule has 37 heavy (non-hydrogen) atoms. The van der Waals surface area contributed by atoms with Crippen molar-refractivity contribution in [3.05, 3.63) is 95.4 Å². The van der Waals surface area contributed by atoms with Gasteiger partial charge < -0.3 is 4.74 Å². The highest BCUT2D eigenvalue weighted by Crippen LogP contribution is 2.40. The molecule has 1 heterocycles. The number of ether oxygens (including phenoxy) is 1. The van der Waals surface area contributed by atoms with Gasteiger partial charge in [0.1, 0.15) is 0 Å². The molecule has 3 aromatic carbocycles. The minimum atomic E-state index is -3.79. The number of sulfonamides is 1. The summed E-state index contributed by atoms with van der Waals surface area (Å²) in [5, 5.41) is 0.827. The molecule has 7 heteroatoms. The van der Waals surface area contributed by atoms with Crippen molar-refractivity contribution in [2.45, 2.75) is 37.5 Å². The SMILES string of the molecule is COCCC=CC(=O)c1sc2ccc(NS(=O)(=O)c3ccc(C(C)(C)C)cc3)cc2c1-c1ccccc1. The topological polar surface area (TPSA) is 72.5 Å². The number of nitrogens with one attached hydrogen (secondary N) is 1. The van der Waals surface area contributed by atoms with Crippen LogP contribution >= 0.6 is 11.3 Å². The zero-order valence-corrected chi connectivity index (χ0v) is 23.1. The van der Waals surface area contributed by atoms with Crippen molar-refractivity contribution in [3.63, 3.8) is 0 Å². The van der Waals surface area contributed by atoms with Crippen LogP contribution in [-0.4, -0.2) is 27.9 Å². The van der Waals surface area contributed by atoms with Crippen molar-refractivity contribution in [3.8, 4) is 11.1 Å². The van der Waals surface area contributed by atoms with Crippen molar-refractivity contribution < 1.29 is 17.9 Å². The molecule has 0 atom stereocenters. The van der Waals surface area contributed by atoms with Gasteiger partial charge in [0.25, 0.3) is 10.0 Å². The number of benzene rings is 3. The van der Waals surface area contributed by atoms with Crippen molar-refractivity contribution in [2.75, 3.05) is 18.4 Å². The van der Waals surface area contributed by atoms with Crippen molar-refractivity contribution in [2.24, 2.45) is 0 Å². The van der Waals surface area contributed by atoms with E-state index in [0.717, 1.165) is 26.8 Å². The zero-order chi connectivity index (χ0) is 26.6. The molecule has 0 fully saturated rings. The minimum Gasteiger partial charge on any atom is -0.384 e. The number of methoxy groups -OCH3 is 1. The largest absolute Gasteiger partial charge is 0.384 e. The molecule has 0 unspecified atom stereocenters. The van der Waals surface area contributed by atoms with E-state index in [9.17, 15) is 13.2 Å². The molecule has 0 aliphatic rings. The summed E-state index contributed by atoms with van der Waals surface area (Å²) in [5.74, 6) is -0.0859. The molecule has 0 aliphatic carbocycles. The maximum atomic E-state index is 13.2. The molecule has 5 nitrogen and oxygen atoms in total. The molecule has 0 saturated heterocycles. The second-order valence-electron chi connectivity index (χ2n) is 9.81. The highest BCUT2D eigenvalue weighted by Gasteiger charge is 2.21. The van der Waals surface area contributed by atoms with Crippen LogP contribution in [0.25, 0.3) is 21.2 Å². The Morgan fingerprint density at radius 3 is 2.35 bits per heavy atom. The van der Waals surface area contributed by atoms with E-state index in [1.165, 1.54) is 11.3 Å². The number of ketones is 1. The second kappa shape index (κ2) is 11.0. The predicted octanol–water partition coefficient (Wildman–Crippen LogP) is 7.44. The Morgan fingerprint density at radius 2 is 1.70 bits per heavy atom. The van der Waals surface area contributed by atoms with Gasteiger partial charge in [-0.05, 0) is 59.4 Å². The summed E-state index contributed by atoms with van der Waals surface area (Å²) in [5.41, 5.74) is 3.14. The summed E-state index contributed by atoms with van der Waals surface area (Å²) >= 11 is 1.41. The smallest absolute Gasteiger partial charge is 0.261 e. The predicted molar refractivity (Wildman–Crippen MR) is 153 cm³/mol. The third-order valence-corrected chi connectivity index (χ3v) is 8.60. The fourth-order valence-electron chi connectivity index (χ4n) is 4.03. The van der Waals surface area contributed by atoms with Crippen molar-refractivity contribution in [1.82, 2.24) is 0 Å². The van der Waals surface area contributed by atoms with Crippen molar-refractivity contribution >= 4 is 42.9 Å². The lowest BCUT2D eigenvalue weighted by Crippen LogP contribution is -2.14. The fourth-order valence-corrected chi connectivity index (χ4v) is 6.20. The standard InChI is InChI=1S/C30H31NO4S2/c1-30(2,3)22-13-16-24(17-14-22)37(33,34)31-23-15-18-27-25(20-23)28(21-10-6-5-7-11-21)29(36-27)26(32)12-8-9-19-35-4/h5-8,10-18,20,31H,9,19H2,1-4H3. The Morgan fingerprint density at radius 1 is 1.00 bits per heavy atom. The molecular formula is C30H31NO4S2. The van der Waals surface area contributed by atoms with E-state index in [1.807, 2.05) is 54.6 Å². The lowest BCUT2D eigenvalue weighted by Gasteiger charge is -2.19. The van der Waals surface area contributed by atoms with E-state index in [0.29, 0.717) is 23.6 Å². The van der Waals surface area contributed by atoms with Gasteiger partial charge in [0.15, 0.2) is 5.78 Å². The molecular weight excluding hydrogens is 502 g/mol. The Labute approximate surface area is 222 Å². The summed E-state index contributed by atoms with van der Waals surface area (Å²) in [6.07, 6.45) is 4.05. The van der Waals surface area contributed by atoms with Crippen LogP contribution in [0.2, 0.25) is 0 Å². The molecule has 0 amide bonds. The third-order valence-electron chi connectivity index (χ3n) is 6.01. The van der Waals surface area contributed by atoms with Gasteiger partial charge in [-0.2, -0.15) is 0 Å². The first kappa shape index (κ1) is 26.8. The molecule has 0 radical (unpaired) electrons.